The zero-order chi connectivity index (χ0) is 16.4. The largest absolute Gasteiger partial charge is 0.459 e. The Morgan fingerprint density at radius 1 is 1.45 bits per heavy atom. The van der Waals surface area contributed by atoms with Crippen LogP contribution in [-0.2, 0) is 33.9 Å². The van der Waals surface area contributed by atoms with Crippen molar-refractivity contribution in [2.45, 2.75) is 43.0 Å². The Labute approximate surface area is 123 Å². The molecular weight excluding hydrogens is 330 g/mol. The molecule has 0 aromatic carbocycles. The minimum atomic E-state index is -5.74. The minimum Gasteiger partial charge on any atom is -0.459 e. The van der Waals surface area contributed by atoms with Gasteiger partial charge in [-0.2, -0.15) is 17.2 Å². The van der Waals surface area contributed by atoms with Gasteiger partial charge in [0, 0.05) is 6.42 Å². The molecule has 124 valence electrons. The van der Waals surface area contributed by atoms with E-state index in [1.54, 1.807) is 0 Å². The molecule has 11 heteroatoms. The van der Waals surface area contributed by atoms with E-state index in [0.29, 0.717) is 6.92 Å². The lowest BCUT2D eigenvalue weighted by atomic mass is 9.80. The maximum Gasteiger partial charge on any atom is 0.405 e. The van der Waals surface area contributed by atoms with Gasteiger partial charge in [0.15, 0.2) is 6.10 Å². The Bertz CT molecular complexity index is 630. The number of carbonyl (C=O) groups is 2. The van der Waals surface area contributed by atoms with Gasteiger partial charge in [-0.3, -0.25) is 14.1 Å². The predicted molar refractivity (Wildman–Crippen MR) is 62.2 cm³/mol. The summed E-state index contributed by atoms with van der Waals surface area (Å²) in [5, 5.41) is -4.65. The molecule has 2 bridgehead atoms. The third kappa shape index (κ3) is 2.02. The first-order valence-electron chi connectivity index (χ1n) is 6.45. The molecule has 1 N–H and O–H groups in total. The second kappa shape index (κ2) is 4.59. The predicted octanol–water partition coefficient (Wildman–Crippen LogP) is -0.272. The number of alkyl halides is 2. The van der Waals surface area contributed by atoms with E-state index in [0.717, 1.165) is 0 Å². The number of fused-ring (bicyclic) bond motifs is 1. The van der Waals surface area contributed by atoms with Crippen molar-refractivity contribution in [3.8, 4) is 0 Å². The van der Waals surface area contributed by atoms with Crippen molar-refractivity contribution < 1.29 is 45.6 Å². The normalized spacial score (nSPS) is 38.0. The molecule has 0 aromatic heterocycles. The molecule has 0 aliphatic carbocycles. The fourth-order valence-electron chi connectivity index (χ4n) is 3.14. The van der Waals surface area contributed by atoms with Crippen LogP contribution in [0.5, 0.6) is 0 Å². The fourth-order valence-corrected chi connectivity index (χ4v) is 3.61. The molecule has 3 rings (SSSR count). The van der Waals surface area contributed by atoms with E-state index < -0.39 is 63.6 Å². The van der Waals surface area contributed by atoms with Crippen LogP contribution in [0.1, 0.15) is 13.3 Å². The maximum absolute atomic E-state index is 13.4. The Hall–Kier alpha value is -1.33. The van der Waals surface area contributed by atoms with Gasteiger partial charge in [-0.25, -0.2) is 0 Å². The molecule has 22 heavy (non-hydrogen) atoms. The van der Waals surface area contributed by atoms with Crippen molar-refractivity contribution in [3.05, 3.63) is 0 Å². The van der Waals surface area contributed by atoms with Crippen LogP contribution >= 0.6 is 0 Å². The second-order valence-corrected chi connectivity index (χ2v) is 7.01. The fraction of sp³-hybridized carbons (Fsp3) is 0.818. The Kier molecular flexibility index (Phi) is 3.24. The summed E-state index contributed by atoms with van der Waals surface area (Å²) in [4.78, 5) is 23.7. The monoisotopic (exact) mass is 342 g/mol. The molecule has 3 fully saturated rings. The first-order valence-corrected chi connectivity index (χ1v) is 7.89. The van der Waals surface area contributed by atoms with E-state index in [1.807, 2.05) is 0 Å². The van der Waals surface area contributed by atoms with Crippen molar-refractivity contribution in [2.75, 3.05) is 0 Å². The topological polar surface area (TPSA) is 116 Å². The summed E-state index contributed by atoms with van der Waals surface area (Å²) in [5.74, 6) is -3.88. The summed E-state index contributed by atoms with van der Waals surface area (Å²) in [6.45, 7) is 0.634. The van der Waals surface area contributed by atoms with Gasteiger partial charge in [0.25, 0.3) is 0 Å². The van der Waals surface area contributed by atoms with E-state index in [9.17, 15) is 26.8 Å². The van der Waals surface area contributed by atoms with E-state index in [-0.39, 0.29) is 6.42 Å². The van der Waals surface area contributed by atoms with Gasteiger partial charge in [-0.05, 0) is 6.92 Å². The lowest BCUT2D eigenvalue weighted by Gasteiger charge is -2.25. The number of rotatable bonds is 4. The van der Waals surface area contributed by atoms with Crippen LogP contribution in [0.15, 0.2) is 0 Å². The highest BCUT2D eigenvalue weighted by Crippen LogP contribution is 2.50. The standard InChI is InChI=1S/C11H12F2O8S/c1-3(11(12,13)22(16,17)18)19-9(14)6-4-2-5-8(20-4)7(6)10(15)21-5/h3-8H,2H2,1H3,(H,16,17,18). The summed E-state index contributed by atoms with van der Waals surface area (Å²) in [5.41, 5.74) is 0. The highest BCUT2D eigenvalue weighted by Gasteiger charge is 2.66. The third-order valence-electron chi connectivity index (χ3n) is 4.23. The molecule has 0 spiro atoms. The molecule has 6 atom stereocenters. The molecule has 8 nitrogen and oxygen atoms in total. The minimum absolute atomic E-state index is 0.260. The van der Waals surface area contributed by atoms with Crippen molar-refractivity contribution in [2.24, 2.45) is 11.8 Å². The molecule has 3 heterocycles. The highest BCUT2D eigenvalue weighted by atomic mass is 32.2. The van der Waals surface area contributed by atoms with Crippen LogP contribution < -0.4 is 0 Å². The average Bonchev–Trinajstić information content (AvgIpc) is 2.97. The van der Waals surface area contributed by atoms with Crippen LogP contribution in [0.25, 0.3) is 0 Å². The van der Waals surface area contributed by atoms with E-state index >= 15 is 0 Å². The molecule has 0 saturated carbocycles. The smallest absolute Gasteiger partial charge is 0.405 e. The molecule has 0 amide bonds. The Balaban J connectivity index is 1.75. The summed E-state index contributed by atoms with van der Waals surface area (Å²) >= 11 is 0. The van der Waals surface area contributed by atoms with Gasteiger partial charge in [-0.1, -0.05) is 0 Å². The molecule has 0 aromatic rings. The molecule has 3 aliphatic heterocycles. The van der Waals surface area contributed by atoms with Crippen LogP contribution in [0.3, 0.4) is 0 Å². The van der Waals surface area contributed by atoms with Crippen LogP contribution in [0.4, 0.5) is 8.78 Å². The molecule has 0 radical (unpaired) electrons. The van der Waals surface area contributed by atoms with Crippen molar-refractivity contribution in [1.29, 1.82) is 0 Å². The number of halogens is 2. The average molecular weight is 342 g/mol. The molecule has 3 aliphatic rings. The number of ether oxygens (including phenoxy) is 3. The quantitative estimate of drug-likeness (QED) is 0.548. The number of hydrogen-bond acceptors (Lipinski definition) is 7. The van der Waals surface area contributed by atoms with Gasteiger partial charge in [-0.15, -0.1) is 0 Å². The van der Waals surface area contributed by atoms with Gasteiger partial charge in [0.05, 0.1) is 12.0 Å². The lowest BCUT2D eigenvalue weighted by Crippen LogP contribution is -2.45. The summed E-state index contributed by atoms with van der Waals surface area (Å²) in [6.07, 6.45) is -3.89. The molecular formula is C11H12F2O8S. The SMILES string of the molecule is CC(OC(=O)C1C2CC3OC(=O)C1C3O2)C(F)(F)S(=O)(=O)O. The van der Waals surface area contributed by atoms with Crippen molar-refractivity contribution >= 4 is 22.1 Å². The van der Waals surface area contributed by atoms with Crippen LogP contribution in [0, 0.1) is 11.8 Å². The first kappa shape index (κ1) is 15.6. The Morgan fingerprint density at radius 3 is 2.68 bits per heavy atom. The first-order chi connectivity index (χ1) is 10.0. The number of hydrogen-bond donors (Lipinski definition) is 1. The summed E-state index contributed by atoms with van der Waals surface area (Å²) in [6, 6.07) is 0. The van der Waals surface area contributed by atoms with Crippen molar-refractivity contribution in [3.63, 3.8) is 0 Å². The zero-order valence-corrected chi connectivity index (χ0v) is 12.0. The summed E-state index contributed by atoms with van der Waals surface area (Å²) < 4.78 is 71.3. The summed E-state index contributed by atoms with van der Waals surface area (Å²) in [7, 11) is -5.74. The number of carbonyl (C=O) groups excluding carboxylic acids is 2. The van der Waals surface area contributed by atoms with Crippen LogP contribution in [0.2, 0.25) is 0 Å². The van der Waals surface area contributed by atoms with E-state index in [2.05, 4.69) is 4.74 Å². The number of esters is 2. The lowest BCUT2D eigenvalue weighted by molar-refractivity contribution is -0.168. The van der Waals surface area contributed by atoms with E-state index in [1.165, 1.54) is 0 Å². The van der Waals surface area contributed by atoms with Gasteiger partial charge >= 0.3 is 27.3 Å². The Morgan fingerprint density at radius 2 is 2.09 bits per heavy atom. The van der Waals surface area contributed by atoms with Gasteiger partial charge in [0.2, 0.25) is 0 Å². The molecule has 3 saturated heterocycles. The zero-order valence-electron chi connectivity index (χ0n) is 11.1. The third-order valence-corrected chi connectivity index (χ3v) is 5.25. The van der Waals surface area contributed by atoms with E-state index in [4.69, 9.17) is 14.0 Å². The maximum atomic E-state index is 13.4. The van der Waals surface area contributed by atoms with Gasteiger partial charge < -0.3 is 14.2 Å². The molecule has 6 unspecified atom stereocenters. The van der Waals surface area contributed by atoms with Crippen LogP contribution in [-0.4, -0.2) is 54.6 Å². The second-order valence-electron chi connectivity index (χ2n) is 5.52. The van der Waals surface area contributed by atoms with Crippen molar-refractivity contribution in [1.82, 2.24) is 0 Å². The van der Waals surface area contributed by atoms with Gasteiger partial charge in [0.1, 0.15) is 18.1 Å². The highest BCUT2D eigenvalue weighted by molar-refractivity contribution is 7.86.